The van der Waals surface area contributed by atoms with Crippen molar-refractivity contribution in [1.82, 2.24) is 0 Å². The Bertz CT molecular complexity index is 829. The van der Waals surface area contributed by atoms with E-state index >= 15 is 0 Å². The zero-order valence-corrected chi connectivity index (χ0v) is 16.0. The lowest BCUT2D eigenvalue weighted by Crippen LogP contribution is -2.51. The largest absolute Gasteiger partial charge is 0.455 e. The van der Waals surface area contributed by atoms with Crippen LogP contribution in [0.3, 0.4) is 0 Å². The van der Waals surface area contributed by atoms with E-state index < -0.39 is 0 Å². The molecule has 0 unspecified atom stereocenters. The van der Waals surface area contributed by atoms with Crippen LogP contribution >= 0.6 is 11.6 Å². The van der Waals surface area contributed by atoms with Crippen molar-refractivity contribution in [3.05, 3.63) is 53.6 Å². The van der Waals surface area contributed by atoms with Gasteiger partial charge < -0.3 is 10.1 Å². The highest BCUT2D eigenvalue weighted by atomic mass is 35.5. The molecule has 1 N–H and O–H groups in total. The van der Waals surface area contributed by atoms with E-state index in [2.05, 4.69) is 5.32 Å². The van der Waals surface area contributed by atoms with Gasteiger partial charge in [-0.1, -0.05) is 29.8 Å². The van der Waals surface area contributed by atoms with Gasteiger partial charge in [0.2, 0.25) is 5.91 Å². The predicted octanol–water partition coefficient (Wildman–Crippen LogP) is 6.29. The molecule has 27 heavy (non-hydrogen) atoms. The molecule has 0 radical (unpaired) electrons. The molecule has 0 atom stereocenters. The van der Waals surface area contributed by atoms with Crippen LogP contribution in [0.4, 0.5) is 5.69 Å². The first-order chi connectivity index (χ1) is 13.1. The van der Waals surface area contributed by atoms with Crippen LogP contribution in [-0.4, -0.2) is 5.91 Å². The van der Waals surface area contributed by atoms with Gasteiger partial charge in [-0.2, -0.15) is 0 Å². The smallest absolute Gasteiger partial charge is 0.230 e. The van der Waals surface area contributed by atoms with Gasteiger partial charge in [0, 0.05) is 5.02 Å². The summed E-state index contributed by atoms with van der Waals surface area (Å²) in [7, 11) is 0. The van der Waals surface area contributed by atoms with Crippen molar-refractivity contribution in [1.29, 1.82) is 0 Å². The zero-order chi connectivity index (χ0) is 18.4. The van der Waals surface area contributed by atoms with Crippen molar-refractivity contribution >= 4 is 23.2 Å². The molecule has 0 spiro atoms. The molecule has 4 aliphatic rings. The number of halogens is 1. The maximum atomic E-state index is 13.4. The van der Waals surface area contributed by atoms with Gasteiger partial charge in [-0.05, 0) is 86.6 Å². The molecule has 3 nitrogen and oxygen atoms in total. The van der Waals surface area contributed by atoms with E-state index in [0.717, 1.165) is 42.8 Å². The van der Waals surface area contributed by atoms with Crippen molar-refractivity contribution < 1.29 is 9.53 Å². The number of carbonyl (C=O) groups is 1. The Morgan fingerprint density at radius 2 is 1.59 bits per heavy atom. The number of hydrogen-bond donors (Lipinski definition) is 1. The standard InChI is InChI=1S/C23H24ClNO2/c24-18-6-7-21(27-19-4-2-1-3-5-19)20(11-18)25-22(26)23-12-15-8-16(13-23)10-17(9-15)14-23/h1-7,11,15-17H,8-10,12-14H2,(H,25,26). The van der Waals surface area contributed by atoms with Crippen molar-refractivity contribution in [2.45, 2.75) is 38.5 Å². The van der Waals surface area contributed by atoms with Crippen molar-refractivity contribution in [3.8, 4) is 11.5 Å². The number of hydrogen-bond acceptors (Lipinski definition) is 2. The summed E-state index contributed by atoms with van der Waals surface area (Å²) in [4.78, 5) is 13.4. The summed E-state index contributed by atoms with van der Waals surface area (Å²) >= 11 is 6.22. The first-order valence-corrected chi connectivity index (χ1v) is 10.3. The average molecular weight is 382 g/mol. The monoisotopic (exact) mass is 381 g/mol. The SMILES string of the molecule is O=C(Nc1cc(Cl)ccc1Oc1ccccc1)C12CC3CC(CC(C3)C1)C2. The Morgan fingerprint density at radius 3 is 2.22 bits per heavy atom. The number of benzene rings is 2. The summed E-state index contributed by atoms with van der Waals surface area (Å²) < 4.78 is 6.01. The minimum Gasteiger partial charge on any atom is -0.455 e. The molecule has 4 bridgehead atoms. The normalized spacial score (nSPS) is 30.9. The lowest BCUT2D eigenvalue weighted by molar-refractivity contribution is -0.140. The van der Waals surface area contributed by atoms with Crippen LogP contribution in [0.2, 0.25) is 5.02 Å². The van der Waals surface area contributed by atoms with Gasteiger partial charge in [-0.15, -0.1) is 0 Å². The number of nitrogens with one attached hydrogen (secondary N) is 1. The van der Waals surface area contributed by atoms with Gasteiger partial charge in [0.25, 0.3) is 0 Å². The van der Waals surface area contributed by atoms with Crippen LogP contribution in [0.5, 0.6) is 11.5 Å². The first-order valence-electron chi connectivity index (χ1n) is 9.93. The summed E-state index contributed by atoms with van der Waals surface area (Å²) in [6.07, 6.45) is 7.10. The van der Waals surface area contributed by atoms with Gasteiger partial charge in [0.05, 0.1) is 11.1 Å². The molecular weight excluding hydrogens is 358 g/mol. The lowest BCUT2D eigenvalue weighted by Gasteiger charge is -2.55. The molecule has 2 aromatic rings. The number of para-hydroxylation sites is 1. The molecule has 4 fully saturated rings. The summed E-state index contributed by atoms with van der Waals surface area (Å²) in [6.45, 7) is 0. The number of ether oxygens (including phenoxy) is 1. The molecular formula is C23H24ClNO2. The Hall–Kier alpha value is -2.00. The average Bonchev–Trinajstić information content (AvgIpc) is 2.64. The Morgan fingerprint density at radius 1 is 0.963 bits per heavy atom. The van der Waals surface area contributed by atoms with Crippen molar-refractivity contribution in [3.63, 3.8) is 0 Å². The molecule has 4 aliphatic carbocycles. The van der Waals surface area contributed by atoms with Crippen LogP contribution in [-0.2, 0) is 4.79 Å². The highest BCUT2D eigenvalue weighted by molar-refractivity contribution is 6.31. The molecule has 2 aromatic carbocycles. The van der Waals surface area contributed by atoms with Crippen LogP contribution in [0, 0.1) is 23.2 Å². The van der Waals surface area contributed by atoms with E-state index in [0.29, 0.717) is 16.5 Å². The molecule has 4 saturated carbocycles. The van der Waals surface area contributed by atoms with E-state index in [1.54, 1.807) is 12.1 Å². The second-order valence-corrected chi connectivity index (χ2v) is 9.14. The maximum absolute atomic E-state index is 13.4. The topological polar surface area (TPSA) is 38.3 Å². The third-order valence-electron chi connectivity index (χ3n) is 6.68. The molecule has 4 heteroatoms. The molecule has 0 saturated heterocycles. The zero-order valence-electron chi connectivity index (χ0n) is 15.3. The molecule has 1 amide bonds. The van der Waals surface area contributed by atoms with Gasteiger partial charge in [0.15, 0.2) is 5.75 Å². The minimum absolute atomic E-state index is 0.154. The fourth-order valence-corrected chi connectivity index (χ4v) is 6.12. The number of amides is 1. The fraction of sp³-hybridized carbons (Fsp3) is 0.435. The first kappa shape index (κ1) is 17.1. The predicted molar refractivity (Wildman–Crippen MR) is 107 cm³/mol. The molecule has 6 rings (SSSR count). The third kappa shape index (κ3) is 3.23. The van der Waals surface area contributed by atoms with Crippen LogP contribution in [0.15, 0.2) is 48.5 Å². The summed E-state index contributed by atoms with van der Waals surface area (Å²) in [5.41, 5.74) is 0.466. The van der Waals surface area contributed by atoms with Gasteiger partial charge in [-0.3, -0.25) is 4.79 Å². The van der Waals surface area contributed by atoms with E-state index in [4.69, 9.17) is 16.3 Å². The number of carbonyl (C=O) groups excluding carboxylic acids is 1. The molecule has 0 aliphatic heterocycles. The highest BCUT2D eigenvalue weighted by Gasteiger charge is 2.54. The van der Waals surface area contributed by atoms with Gasteiger partial charge in [0.1, 0.15) is 5.75 Å². The van der Waals surface area contributed by atoms with Gasteiger partial charge in [-0.25, -0.2) is 0 Å². The maximum Gasteiger partial charge on any atom is 0.230 e. The molecule has 0 aromatic heterocycles. The van der Waals surface area contributed by atoms with Crippen molar-refractivity contribution in [2.75, 3.05) is 5.32 Å². The summed E-state index contributed by atoms with van der Waals surface area (Å²) in [5.74, 6) is 3.74. The van der Waals surface area contributed by atoms with Crippen LogP contribution < -0.4 is 10.1 Å². The lowest BCUT2D eigenvalue weighted by atomic mass is 9.49. The van der Waals surface area contributed by atoms with Crippen LogP contribution in [0.25, 0.3) is 0 Å². The summed E-state index contributed by atoms with van der Waals surface area (Å²) in [5, 5.41) is 3.77. The molecule has 140 valence electrons. The second-order valence-electron chi connectivity index (χ2n) is 8.71. The minimum atomic E-state index is -0.193. The quantitative estimate of drug-likeness (QED) is 0.676. The Kier molecular flexibility index (Phi) is 4.16. The Labute approximate surface area is 165 Å². The van der Waals surface area contributed by atoms with E-state index in [1.165, 1.54) is 19.3 Å². The summed E-state index contributed by atoms with van der Waals surface area (Å²) in [6, 6.07) is 15.0. The van der Waals surface area contributed by atoms with Crippen LogP contribution in [0.1, 0.15) is 38.5 Å². The third-order valence-corrected chi connectivity index (χ3v) is 6.92. The number of rotatable bonds is 4. The van der Waals surface area contributed by atoms with Crippen molar-refractivity contribution in [2.24, 2.45) is 23.2 Å². The van der Waals surface area contributed by atoms with E-state index in [1.807, 2.05) is 36.4 Å². The fourth-order valence-electron chi connectivity index (χ4n) is 5.95. The molecule has 0 heterocycles. The number of anilines is 1. The highest BCUT2D eigenvalue weighted by Crippen LogP contribution is 2.60. The Balaban J connectivity index is 1.40. The second kappa shape index (κ2) is 6.56. The van der Waals surface area contributed by atoms with E-state index in [9.17, 15) is 4.79 Å². The van der Waals surface area contributed by atoms with Gasteiger partial charge >= 0.3 is 0 Å². The van der Waals surface area contributed by atoms with E-state index in [-0.39, 0.29) is 11.3 Å².